The molecule has 0 fully saturated rings. The van der Waals surface area contributed by atoms with E-state index in [1.807, 2.05) is 42.5 Å². The van der Waals surface area contributed by atoms with Crippen molar-refractivity contribution in [2.75, 3.05) is 17.7 Å². The lowest BCUT2D eigenvalue weighted by Gasteiger charge is -2.10. The van der Waals surface area contributed by atoms with Crippen LogP contribution in [0.1, 0.15) is 24.0 Å². The van der Waals surface area contributed by atoms with Gasteiger partial charge in [-0.1, -0.05) is 12.1 Å². The maximum Gasteiger partial charge on any atom is 0.310 e. The Labute approximate surface area is 184 Å². The minimum absolute atomic E-state index is 0.441. The van der Waals surface area contributed by atoms with E-state index in [-0.39, 0.29) is 0 Å². The van der Waals surface area contributed by atoms with Gasteiger partial charge in [-0.2, -0.15) is 0 Å². The van der Waals surface area contributed by atoms with E-state index in [9.17, 15) is 4.79 Å². The molecule has 1 atom stereocenters. The maximum atomic E-state index is 11.0. The highest BCUT2D eigenvalue weighted by atomic mass is 16.5. The van der Waals surface area contributed by atoms with Gasteiger partial charge in [0.25, 0.3) is 0 Å². The summed E-state index contributed by atoms with van der Waals surface area (Å²) in [6.45, 7) is 2.13. The smallest absolute Gasteiger partial charge is 0.310 e. The summed E-state index contributed by atoms with van der Waals surface area (Å²) in [6.07, 6.45) is 4.75. The Kier molecular flexibility index (Phi) is 6.07. The molecular weight excluding hydrogens is 408 g/mol. The number of nitrogens with zero attached hydrogens (tertiary/aromatic N) is 4. The number of aromatic nitrogens is 4. The molecule has 4 aromatic rings. The fraction of sp³-hybridized carbons (Fsp3) is 0.174. The zero-order chi connectivity index (χ0) is 22.5. The molecule has 0 spiro atoms. The van der Waals surface area contributed by atoms with Crippen LogP contribution in [0.25, 0.3) is 10.9 Å². The first-order valence-electron chi connectivity index (χ1n) is 9.98. The molecular formula is C23H22N6O3. The molecule has 32 heavy (non-hydrogen) atoms. The molecule has 0 saturated carbocycles. The molecule has 1 unspecified atom stereocenters. The van der Waals surface area contributed by atoms with Crippen molar-refractivity contribution >= 4 is 34.3 Å². The van der Waals surface area contributed by atoms with E-state index in [1.54, 1.807) is 20.2 Å². The Bertz CT molecular complexity index is 1230. The summed E-state index contributed by atoms with van der Waals surface area (Å²) >= 11 is 0. The third-order valence-corrected chi connectivity index (χ3v) is 4.99. The monoisotopic (exact) mass is 430 g/mol. The number of nitrogens with one attached hydrogen (secondary N) is 2. The first-order valence-corrected chi connectivity index (χ1v) is 9.98. The van der Waals surface area contributed by atoms with Gasteiger partial charge in [0, 0.05) is 41.8 Å². The third kappa shape index (κ3) is 4.72. The second kappa shape index (κ2) is 9.25. The van der Waals surface area contributed by atoms with Gasteiger partial charge in [-0.15, -0.1) is 0 Å². The largest absolute Gasteiger partial charge is 0.481 e. The predicted molar refractivity (Wildman–Crippen MR) is 121 cm³/mol. The summed E-state index contributed by atoms with van der Waals surface area (Å²) in [7, 11) is 1.58. The maximum absolute atomic E-state index is 11.0. The van der Waals surface area contributed by atoms with Crippen LogP contribution in [-0.2, 0) is 11.3 Å². The quantitative estimate of drug-likeness (QED) is 0.381. The molecule has 0 saturated heterocycles. The summed E-state index contributed by atoms with van der Waals surface area (Å²) in [4.78, 5) is 28.2. The zero-order valence-electron chi connectivity index (χ0n) is 17.6. The van der Waals surface area contributed by atoms with Gasteiger partial charge in [-0.3, -0.25) is 4.79 Å². The summed E-state index contributed by atoms with van der Waals surface area (Å²) in [5.74, 6) is 0.0756. The number of carbonyl (C=O) groups is 1. The SMILES string of the molecule is COc1nccc2ccc(Nc3ccc(CNc4ncc(C(C)C(=O)O)cn4)cc3)nc12. The lowest BCUT2D eigenvalue weighted by Crippen LogP contribution is -2.09. The van der Waals surface area contributed by atoms with Gasteiger partial charge in [-0.25, -0.2) is 19.9 Å². The Morgan fingerprint density at radius 1 is 1.06 bits per heavy atom. The van der Waals surface area contributed by atoms with Crippen molar-refractivity contribution in [3.8, 4) is 5.88 Å². The molecule has 0 aliphatic rings. The Hall–Kier alpha value is -4.27. The van der Waals surface area contributed by atoms with Crippen LogP contribution in [0, 0.1) is 0 Å². The fourth-order valence-corrected chi connectivity index (χ4v) is 3.07. The number of carboxylic acid groups (broad SMARTS) is 1. The lowest BCUT2D eigenvalue weighted by molar-refractivity contribution is -0.138. The lowest BCUT2D eigenvalue weighted by atomic mass is 10.1. The molecule has 0 aliphatic carbocycles. The Morgan fingerprint density at radius 2 is 1.81 bits per heavy atom. The second-order valence-corrected chi connectivity index (χ2v) is 7.16. The Morgan fingerprint density at radius 3 is 2.50 bits per heavy atom. The van der Waals surface area contributed by atoms with E-state index in [1.165, 1.54) is 12.4 Å². The van der Waals surface area contributed by atoms with Crippen molar-refractivity contribution in [3.63, 3.8) is 0 Å². The first-order chi connectivity index (χ1) is 15.5. The van der Waals surface area contributed by atoms with Gasteiger partial charge in [0.15, 0.2) is 0 Å². The van der Waals surface area contributed by atoms with Crippen LogP contribution < -0.4 is 15.4 Å². The molecule has 3 aromatic heterocycles. The molecule has 162 valence electrons. The number of carboxylic acids is 1. The van der Waals surface area contributed by atoms with Gasteiger partial charge in [0.1, 0.15) is 11.3 Å². The fourth-order valence-electron chi connectivity index (χ4n) is 3.07. The number of ether oxygens (including phenoxy) is 1. The van der Waals surface area contributed by atoms with E-state index in [0.717, 1.165) is 16.6 Å². The first kappa shape index (κ1) is 21.0. The van der Waals surface area contributed by atoms with Crippen molar-refractivity contribution in [1.82, 2.24) is 19.9 Å². The highest BCUT2D eigenvalue weighted by molar-refractivity contribution is 5.84. The number of methoxy groups -OCH3 is 1. The van der Waals surface area contributed by atoms with Gasteiger partial charge in [0.2, 0.25) is 11.8 Å². The third-order valence-electron chi connectivity index (χ3n) is 4.99. The van der Waals surface area contributed by atoms with Gasteiger partial charge >= 0.3 is 5.97 Å². The van der Waals surface area contributed by atoms with E-state index >= 15 is 0 Å². The number of fused-ring (bicyclic) bond motifs is 1. The average molecular weight is 430 g/mol. The standard InChI is InChI=1S/C23H22N6O3/c1-14(22(30)31)17-12-26-23(27-13-17)25-11-15-3-6-18(7-4-15)28-19-8-5-16-9-10-24-21(32-2)20(16)29-19/h3-10,12-14H,11H2,1-2H3,(H,28,29)(H,30,31)(H,25,26,27). The highest BCUT2D eigenvalue weighted by Crippen LogP contribution is 2.24. The summed E-state index contributed by atoms with van der Waals surface area (Å²) in [6, 6.07) is 13.7. The molecule has 0 radical (unpaired) electrons. The molecule has 9 nitrogen and oxygen atoms in total. The van der Waals surface area contributed by atoms with Gasteiger partial charge < -0.3 is 20.5 Å². The van der Waals surface area contributed by atoms with Crippen LogP contribution in [0.15, 0.2) is 61.1 Å². The summed E-state index contributed by atoms with van der Waals surface area (Å²) in [5.41, 5.74) is 3.20. The summed E-state index contributed by atoms with van der Waals surface area (Å²) in [5, 5.41) is 16.4. The number of anilines is 3. The van der Waals surface area contributed by atoms with Gasteiger partial charge in [0.05, 0.1) is 13.0 Å². The normalized spacial score (nSPS) is 11.7. The molecule has 9 heteroatoms. The van der Waals surface area contributed by atoms with E-state index < -0.39 is 11.9 Å². The van der Waals surface area contributed by atoms with Crippen LogP contribution in [0.2, 0.25) is 0 Å². The number of hydrogen-bond acceptors (Lipinski definition) is 8. The number of pyridine rings is 2. The number of hydrogen-bond donors (Lipinski definition) is 3. The highest BCUT2D eigenvalue weighted by Gasteiger charge is 2.14. The van der Waals surface area contributed by atoms with Gasteiger partial charge in [-0.05, 0) is 42.8 Å². The number of benzene rings is 1. The van der Waals surface area contributed by atoms with E-state index in [0.29, 0.717) is 35.3 Å². The topological polar surface area (TPSA) is 122 Å². The molecule has 3 N–H and O–H groups in total. The minimum Gasteiger partial charge on any atom is -0.481 e. The minimum atomic E-state index is -0.905. The van der Waals surface area contributed by atoms with Crippen molar-refractivity contribution < 1.29 is 14.6 Å². The molecule has 3 heterocycles. The van der Waals surface area contributed by atoms with Crippen LogP contribution in [-0.4, -0.2) is 38.1 Å². The van der Waals surface area contributed by atoms with E-state index in [4.69, 9.17) is 9.84 Å². The zero-order valence-corrected chi connectivity index (χ0v) is 17.6. The Balaban J connectivity index is 1.38. The van der Waals surface area contributed by atoms with Crippen LogP contribution in [0.5, 0.6) is 5.88 Å². The predicted octanol–water partition coefficient (Wildman–Crippen LogP) is 3.97. The second-order valence-electron chi connectivity index (χ2n) is 7.16. The molecule has 4 rings (SSSR count). The van der Waals surface area contributed by atoms with E-state index in [2.05, 4.69) is 30.6 Å². The van der Waals surface area contributed by atoms with Crippen LogP contribution in [0.4, 0.5) is 17.5 Å². The molecule has 1 aromatic carbocycles. The molecule has 0 amide bonds. The average Bonchev–Trinajstić information content (AvgIpc) is 2.83. The van der Waals surface area contributed by atoms with Crippen molar-refractivity contribution in [3.05, 3.63) is 72.2 Å². The number of rotatable bonds is 8. The number of aliphatic carboxylic acids is 1. The van der Waals surface area contributed by atoms with Crippen molar-refractivity contribution in [2.24, 2.45) is 0 Å². The molecule has 0 aliphatic heterocycles. The van der Waals surface area contributed by atoms with Crippen LogP contribution >= 0.6 is 0 Å². The van der Waals surface area contributed by atoms with Crippen molar-refractivity contribution in [1.29, 1.82) is 0 Å². The molecule has 0 bridgehead atoms. The van der Waals surface area contributed by atoms with Crippen molar-refractivity contribution in [2.45, 2.75) is 19.4 Å². The summed E-state index contributed by atoms with van der Waals surface area (Å²) < 4.78 is 5.30. The van der Waals surface area contributed by atoms with Crippen LogP contribution in [0.3, 0.4) is 0 Å².